The van der Waals surface area contributed by atoms with Gasteiger partial charge in [-0.25, -0.2) is 0 Å². The van der Waals surface area contributed by atoms with E-state index in [-0.39, 0.29) is 13.0 Å². The second-order valence-electron chi connectivity index (χ2n) is 4.10. The molecule has 0 heterocycles. The molecule has 3 nitrogen and oxygen atoms in total. The lowest BCUT2D eigenvalue weighted by Gasteiger charge is -2.30. The van der Waals surface area contributed by atoms with E-state index in [1.807, 2.05) is 0 Å². The molecule has 2 N–H and O–H groups in total. The third-order valence-electron chi connectivity index (χ3n) is 2.23. The van der Waals surface area contributed by atoms with Gasteiger partial charge in [0.05, 0.1) is 6.26 Å². The van der Waals surface area contributed by atoms with Crippen molar-refractivity contribution < 1.29 is 54.5 Å². The molecule has 1 atom stereocenters. The van der Waals surface area contributed by atoms with Crippen LogP contribution in [0.15, 0.2) is 12.3 Å². The summed E-state index contributed by atoms with van der Waals surface area (Å²) in [5.41, 5.74) is -3.39. The fourth-order valence-corrected chi connectivity index (χ4v) is 0.834. The number of hydrogen-bond acceptors (Lipinski definition) is 3. The monoisotopic (exact) mass is 336 g/mol. The summed E-state index contributed by atoms with van der Waals surface area (Å²) in [4.78, 5) is 0. The van der Waals surface area contributed by atoms with Gasteiger partial charge in [0.2, 0.25) is 0 Å². The fraction of sp³-hybridized carbons (Fsp3) is 0.778. The molecule has 0 saturated heterocycles. The van der Waals surface area contributed by atoms with Crippen molar-refractivity contribution in [3.8, 4) is 0 Å². The van der Waals surface area contributed by atoms with Crippen molar-refractivity contribution in [3.05, 3.63) is 12.3 Å². The van der Waals surface area contributed by atoms with Crippen molar-refractivity contribution in [2.45, 2.75) is 43.3 Å². The Morgan fingerprint density at radius 2 is 1.19 bits per heavy atom. The van der Waals surface area contributed by atoms with Crippen LogP contribution in [0.2, 0.25) is 0 Å². The van der Waals surface area contributed by atoms with Crippen molar-refractivity contribution in [1.29, 1.82) is 0 Å². The Labute approximate surface area is 111 Å². The van der Waals surface area contributed by atoms with Crippen LogP contribution in [0.3, 0.4) is 0 Å². The molecule has 0 aliphatic carbocycles. The fourth-order valence-electron chi connectivity index (χ4n) is 0.834. The maximum absolute atomic E-state index is 12.1. The second-order valence-corrected chi connectivity index (χ2v) is 4.10. The molecule has 0 bridgehead atoms. The first-order valence-electron chi connectivity index (χ1n) is 4.93. The highest BCUT2D eigenvalue weighted by Gasteiger charge is 2.73. The van der Waals surface area contributed by atoms with Crippen LogP contribution in [0.5, 0.6) is 0 Å². The Morgan fingerprint density at radius 3 is 1.48 bits per heavy atom. The zero-order valence-electron chi connectivity index (χ0n) is 10.1. The zero-order valence-corrected chi connectivity index (χ0v) is 10.1. The molecule has 0 saturated carbocycles. The molecule has 12 heteroatoms. The molecule has 21 heavy (non-hydrogen) atoms. The summed E-state index contributed by atoms with van der Waals surface area (Å²) in [7, 11) is 0. The van der Waals surface area contributed by atoms with Crippen molar-refractivity contribution in [1.82, 2.24) is 0 Å². The van der Waals surface area contributed by atoms with E-state index in [9.17, 15) is 39.5 Å². The van der Waals surface area contributed by atoms with Crippen LogP contribution in [0, 0.1) is 0 Å². The van der Waals surface area contributed by atoms with Crippen molar-refractivity contribution in [2.24, 2.45) is 0 Å². The number of alkyl halides is 9. The number of halogens is 9. The normalized spacial score (nSPS) is 17.9. The molecular formula is C9H9F9O3. The average molecular weight is 336 g/mol. The van der Waals surface area contributed by atoms with Crippen LogP contribution in [0.1, 0.15) is 13.3 Å². The highest BCUT2D eigenvalue weighted by molar-refractivity contribution is 4.93. The van der Waals surface area contributed by atoms with E-state index in [1.165, 1.54) is 0 Å². The van der Waals surface area contributed by atoms with Crippen LogP contribution in [-0.4, -0.2) is 40.1 Å². The van der Waals surface area contributed by atoms with Gasteiger partial charge in [-0.05, 0) is 13.0 Å². The largest absolute Gasteiger partial charge is 0.465 e. The Kier molecular flexibility index (Phi) is 5.24. The SMILES string of the molecule is CC(O)(C/C=C/OC(O)(C(F)(F)F)C(F)(F)F)C(F)(F)F. The summed E-state index contributed by atoms with van der Waals surface area (Å²) in [6, 6.07) is 0. The predicted octanol–water partition coefficient (Wildman–Crippen LogP) is 3.03. The summed E-state index contributed by atoms with van der Waals surface area (Å²) in [5, 5.41) is 17.3. The van der Waals surface area contributed by atoms with E-state index in [0.717, 1.165) is 0 Å². The highest BCUT2D eigenvalue weighted by Crippen LogP contribution is 2.44. The van der Waals surface area contributed by atoms with Gasteiger partial charge in [-0.15, -0.1) is 0 Å². The lowest BCUT2D eigenvalue weighted by Crippen LogP contribution is -2.58. The maximum atomic E-state index is 12.1. The van der Waals surface area contributed by atoms with Crippen LogP contribution >= 0.6 is 0 Å². The number of ether oxygens (including phenoxy) is 1. The highest BCUT2D eigenvalue weighted by atomic mass is 19.4. The Morgan fingerprint density at radius 1 is 0.810 bits per heavy atom. The third-order valence-corrected chi connectivity index (χ3v) is 2.23. The summed E-state index contributed by atoms with van der Waals surface area (Å²) >= 11 is 0. The van der Waals surface area contributed by atoms with E-state index in [0.29, 0.717) is 0 Å². The van der Waals surface area contributed by atoms with Gasteiger partial charge in [0.1, 0.15) is 0 Å². The lowest BCUT2D eigenvalue weighted by atomic mass is 10.0. The Bertz CT molecular complexity index is 363. The first kappa shape index (κ1) is 19.8. The number of aliphatic hydroxyl groups is 2. The molecule has 0 aliphatic heterocycles. The Balaban J connectivity index is 5.02. The van der Waals surface area contributed by atoms with Crippen molar-refractivity contribution in [2.75, 3.05) is 0 Å². The van der Waals surface area contributed by atoms with Gasteiger partial charge in [0, 0.05) is 6.42 Å². The Hall–Kier alpha value is -1.17. The first-order chi connectivity index (χ1) is 8.96. The summed E-state index contributed by atoms with van der Waals surface area (Å²) in [6.07, 6.45) is -19.5. The molecule has 0 fully saturated rings. The van der Waals surface area contributed by atoms with Crippen LogP contribution in [-0.2, 0) is 4.74 Å². The van der Waals surface area contributed by atoms with Gasteiger partial charge in [-0.3, -0.25) is 0 Å². The van der Waals surface area contributed by atoms with Gasteiger partial charge in [0.25, 0.3) is 0 Å². The standard InChI is InChI=1S/C9H9F9O3/c1-5(19,7(10,11)12)3-2-4-21-6(20,8(13,14)15)9(16,17)18/h2,4,19-20H,3H2,1H3/b4-2+. The first-order valence-corrected chi connectivity index (χ1v) is 4.93. The quantitative estimate of drug-likeness (QED) is 0.471. The summed E-state index contributed by atoms with van der Waals surface area (Å²) in [5.74, 6) is -5.57. The molecule has 0 radical (unpaired) electrons. The minimum absolute atomic E-state index is 0.0654. The van der Waals surface area contributed by atoms with Gasteiger partial charge in [-0.1, -0.05) is 0 Å². The molecule has 0 aromatic carbocycles. The average Bonchev–Trinajstić information content (AvgIpc) is 2.19. The van der Waals surface area contributed by atoms with E-state index in [2.05, 4.69) is 4.74 Å². The molecule has 1 unspecified atom stereocenters. The number of hydrogen-bond donors (Lipinski definition) is 2. The number of rotatable bonds is 4. The van der Waals surface area contributed by atoms with Gasteiger partial charge >= 0.3 is 24.3 Å². The predicted molar refractivity (Wildman–Crippen MR) is 48.6 cm³/mol. The molecule has 0 amide bonds. The van der Waals surface area contributed by atoms with Gasteiger partial charge in [0.15, 0.2) is 5.60 Å². The van der Waals surface area contributed by atoms with E-state index in [1.54, 1.807) is 0 Å². The molecule has 0 aromatic rings. The van der Waals surface area contributed by atoms with Crippen LogP contribution in [0.25, 0.3) is 0 Å². The molecule has 0 aromatic heterocycles. The van der Waals surface area contributed by atoms with E-state index >= 15 is 0 Å². The molecule has 0 rings (SSSR count). The van der Waals surface area contributed by atoms with Crippen molar-refractivity contribution >= 4 is 0 Å². The lowest BCUT2D eigenvalue weighted by molar-refractivity contribution is -0.445. The zero-order chi connectivity index (χ0) is 17.3. The summed E-state index contributed by atoms with van der Waals surface area (Å²) in [6.45, 7) is 0.247. The van der Waals surface area contributed by atoms with Gasteiger partial charge < -0.3 is 14.9 Å². The van der Waals surface area contributed by atoms with Crippen LogP contribution < -0.4 is 0 Å². The summed E-state index contributed by atoms with van der Waals surface area (Å²) < 4.78 is 112. The molecular weight excluding hydrogens is 327 g/mol. The van der Waals surface area contributed by atoms with Gasteiger partial charge in [-0.2, -0.15) is 39.5 Å². The molecule has 126 valence electrons. The minimum atomic E-state index is -6.28. The molecule has 0 spiro atoms. The van der Waals surface area contributed by atoms with E-state index < -0.39 is 42.6 Å². The smallest absolute Gasteiger partial charge is 0.455 e. The van der Waals surface area contributed by atoms with Crippen LogP contribution in [0.4, 0.5) is 39.5 Å². The topological polar surface area (TPSA) is 49.7 Å². The van der Waals surface area contributed by atoms with Crippen molar-refractivity contribution in [3.63, 3.8) is 0 Å². The molecule has 0 aliphatic rings. The maximum Gasteiger partial charge on any atom is 0.465 e. The third kappa shape index (κ3) is 4.40. The van der Waals surface area contributed by atoms with E-state index in [4.69, 9.17) is 10.2 Å². The minimum Gasteiger partial charge on any atom is -0.455 e. The second kappa shape index (κ2) is 5.55.